The summed E-state index contributed by atoms with van der Waals surface area (Å²) in [6.07, 6.45) is 4.29. The maximum atomic E-state index is 12.8. The van der Waals surface area contributed by atoms with Crippen LogP contribution in [0.1, 0.15) is 21.7 Å². The van der Waals surface area contributed by atoms with Gasteiger partial charge >= 0.3 is 0 Å². The average molecular weight is 369 g/mol. The number of ether oxygens (including phenoxy) is 1. The number of morpholine rings is 1. The molecule has 3 aromatic rings. The van der Waals surface area contributed by atoms with Crippen molar-refractivity contribution >= 4 is 28.1 Å². The van der Waals surface area contributed by atoms with Gasteiger partial charge in [-0.3, -0.25) is 4.79 Å². The summed E-state index contributed by atoms with van der Waals surface area (Å²) in [6, 6.07) is 12.7. The Hall–Kier alpha value is -2.11. The fourth-order valence-electron chi connectivity index (χ4n) is 3.70. The molecule has 0 aliphatic carbocycles. The van der Waals surface area contributed by atoms with Gasteiger partial charge in [0.05, 0.1) is 19.3 Å². The SMILES string of the molecule is Cc1ccc(CCC(=O)N2CCOCC2Cc2c[nH]c3ccccc23)s1. The molecular weight excluding hydrogens is 344 g/mol. The first-order valence-corrected chi connectivity index (χ1v) is 10.00. The molecule has 1 N–H and O–H groups in total. The first kappa shape index (κ1) is 17.3. The van der Waals surface area contributed by atoms with Gasteiger partial charge in [-0.05, 0) is 43.5 Å². The Balaban J connectivity index is 1.44. The van der Waals surface area contributed by atoms with E-state index in [1.807, 2.05) is 11.0 Å². The van der Waals surface area contributed by atoms with Crippen molar-refractivity contribution in [3.63, 3.8) is 0 Å². The lowest BCUT2D eigenvalue weighted by molar-refractivity contribution is -0.139. The molecule has 4 nitrogen and oxygen atoms in total. The second kappa shape index (κ2) is 7.64. The van der Waals surface area contributed by atoms with Crippen molar-refractivity contribution in [1.29, 1.82) is 0 Å². The molecule has 0 bridgehead atoms. The third-order valence-corrected chi connectivity index (χ3v) is 6.12. The molecule has 0 radical (unpaired) electrons. The minimum atomic E-state index is 0.112. The van der Waals surface area contributed by atoms with Crippen LogP contribution in [0.15, 0.2) is 42.6 Å². The molecule has 1 amide bonds. The summed E-state index contributed by atoms with van der Waals surface area (Å²) in [6.45, 7) is 4.04. The van der Waals surface area contributed by atoms with Gasteiger partial charge in [0.2, 0.25) is 5.91 Å². The number of aryl methyl sites for hydroxylation is 2. The number of aromatic amines is 1. The molecule has 0 spiro atoms. The molecule has 1 atom stereocenters. The van der Waals surface area contributed by atoms with Gasteiger partial charge in [0, 0.05) is 39.8 Å². The number of benzene rings is 1. The Labute approximate surface area is 157 Å². The van der Waals surface area contributed by atoms with Crippen molar-refractivity contribution in [2.45, 2.75) is 32.2 Å². The summed E-state index contributed by atoms with van der Waals surface area (Å²) in [5.41, 5.74) is 2.40. The average Bonchev–Trinajstić information content (AvgIpc) is 3.27. The van der Waals surface area contributed by atoms with E-state index in [1.165, 1.54) is 20.7 Å². The summed E-state index contributed by atoms with van der Waals surface area (Å²) in [5, 5.41) is 1.24. The lowest BCUT2D eigenvalue weighted by atomic mass is 10.0. The molecule has 1 saturated heterocycles. The van der Waals surface area contributed by atoms with Crippen LogP contribution in [0, 0.1) is 6.92 Å². The Kier molecular flexibility index (Phi) is 5.09. The quantitative estimate of drug-likeness (QED) is 0.741. The molecule has 1 fully saturated rings. The molecule has 2 aromatic heterocycles. The van der Waals surface area contributed by atoms with E-state index in [2.05, 4.69) is 48.4 Å². The highest BCUT2D eigenvalue weighted by molar-refractivity contribution is 7.11. The summed E-state index contributed by atoms with van der Waals surface area (Å²) in [7, 11) is 0. The number of amides is 1. The van der Waals surface area contributed by atoms with E-state index in [-0.39, 0.29) is 11.9 Å². The van der Waals surface area contributed by atoms with Gasteiger partial charge in [-0.2, -0.15) is 0 Å². The van der Waals surface area contributed by atoms with Crippen molar-refractivity contribution < 1.29 is 9.53 Å². The summed E-state index contributed by atoms with van der Waals surface area (Å²) < 4.78 is 5.69. The number of hydrogen-bond acceptors (Lipinski definition) is 3. The first-order chi connectivity index (χ1) is 12.7. The molecule has 1 aromatic carbocycles. The molecule has 0 saturated carbocycles. The van der Waals surface area contributed by atoms with Crippen molar-refractivity contribution in [3.05, 3.63) is 57.9 Å². The number of H-pyrrole nitrogens is 1. The van der Waals surface area contributed by atoms with Gasteiger partial charge in [-0.25, -0.2) is 0 Å². The highest BCUT2D eigenvalue weighted by atomic mass is 32.1. The van der Waals surface area contributed by atoms with Crippen molar-refractivity contribution in [3.8, 4) is 0 Å². The number of fused-ring (bicyclic) bond motifs is 1. The Morgan fingerprint density at radius 2 is 2.19 bits per heavy atom. The first-order valence-electron chi connectivity index (χ1n) is 9.18. The number of carbonyl (C=O) groups excluding carboxylic acids is 1. The van der Waals surface area contributed by atoms with E-state index in [0.717, 1.165) is 18.4 Å². The van der Waals surface area contributed by atoms with Gasteiger partial charge < -0.3 is 14.6 Å². The summed E-state index contributed by atoms with van der Waals surface area (Å²) in [5.74, 6) is 0.240. The van der Waals surface area contributed by atoms with Crippen LogP contribution >= 0.6 is 11.3 Å². The molecule has 3 heterocycles. The fraction of sp³-hybridized carbons (Fsp3) is 0.381. The van der Waals surface area contributed by atoms with E-state index in [4.69, 9.17) is 4.74 Å². The normalized spacial score (nSPS) is 17.7. The van der Waals surface area contributed by atoms with E-state index >= 15 is 0 Å². The van der Waals surface area contributed by atoms with Crippen LogP contribution in [-0.2, 0) is 22.4 Å². The zero-order valence-corrected chi connectivity index (χ0v) is 15.8. The van der Waals surface area contributed by atoms with E-state index in [9.17, 15) is 4.79 Å². The summed E-state index contributed by atoms with van der Waals surface area (Å²) >= 11 is 1.78. The highest BCUT2D eigenvalue weighted by Crippen LogP contribution is 2.23. The molecule has 136 valence electrons. The van der Waals surface area contributed by atoms with Crippen molar-refractivity contribution in [1.82, 2.24) is 9.88 Å². The monoisotopic (exact) mass is 368 g/mol. The van der Waals surface area contributed by atoms with E-state index in [1.54, 1.807) is 11.3 Å². The number of carbonyl (C=O) groups is 1. The van der Waals surface area contributed by atoms with Gasteiger partial charge in [-0.1, -0.05) is 18.2 Å². The Morgan fingerprint density at radius 1 is 1.31 bits per heavy atom. The van der Waals surface area contributed by atoms with Crippen LogP contribution in [0.4, 0.5) is 0 Å². The second-order valence-corrected chi connectivity index (χ2v) is 8.26. The lowest BCUT2D eigenvalue weighted by Crippen LogP contribution is -2.49. The predicted octanol–water partition coefficient (Wildman–Crippen LogP) is 3.94. The van der Waals surface area contributed by atoms with Crippen LogP contribution in [0.2, 0.25) is 0 Å². The number of nitrogens with one attached hydrogen (secondary N) is 1. The maximum Gasteiger partial charge on any atom is 0.223 e. The second-order valence-electron chi connectivity index (χ2n) is 6.89. The number of nitrogens with zero attached hydrogens (tertiary/aromatic N) is 1. The lowest BCUT2D eigenvalue weighted by Gasteiger charge is -2.35. The number of hydrogen-bond donors (Lipinski definition) is 1. The number of thiophene rings is 1. The fourth-order valence-corrected chi connectivity index (χ4v) is 4.59. The van der Waals surface area contributed by atoms with Gasteiger partial charge in [0.25, 0.3) is 0 Å². The molecule has 1 unspecified atom stereocenters. The zero-order chi connectivity index (χ0) is 17.9. The molecule has 5 heteroatoms. The smallest absolute Gasteiger partial charge is 0.223 e. The zero-order valence-electron chi connectivity index (χ0n) is 15.0. The topological polar surface area (TPSA) is 45.3 Å². The standard InChI is InChI=1S/C21H24N2O2S/c1-15-6-7-18(26-15)8-9-21(24)23-10-11-25-14-17(23)12-16-13-22-20-5-3-2-4-19(16)20/h2-7,13,17,22H,8-12,14H2,1H3. The van der Waals surface area contributed by atoms with Gasteiger partial charge in [0.1, 0.15) is 0 Å². The van der Waals surface area contributed by atoms with Crippen LogP contribution < -0.4 is 0 Å². The minimum Gasteiger partial charge on any atom is -0.377 e. The van der Waals surface area contributed by atoms with Crippen LogP contribution in [0.3, 0.4) is 0 Å². The van der Waals surface area contributed by atoms with Gasteiger partial charge in [0.15, 0.2) is 0 Å². The summed E-state index contributed by atoms with van der Waals surface area (Å²) in [4.78, 5) is 20.8. The van der Waals surface area contributed by atoms with Crippen LogP contribution in [-0.4, -0.2) is 41.6 Å². The number of rotatable bonds is 5. The molecule has 4 rings (SSSR count). The van der Waals surface area contributed by atoms with E-state index in [0.29, 0.717) is 26.2 Å². The third kappa shape index (κ3) is 3.69. The maximum absolute atomic E-state index is 12.8. The molecular formula is C21H24N2O2S. The van der Waals surface area contributed by atoms with Crippen molar-refractivity contribution in [2.24, 2.45) is 0 Å². The highest BCUT2D eigenvalue weighted by Gasteiger charge is 2.27. The predicted molar refractivity (Wildman–Crippen MR) is 106 cm³/mol. The largest absolute Gasteiger partial charge is 0.377 e. The Morgan fingerprint density at radius 3 is 3.04 bits per heavy atom. The molecule has 1 aliphatic rings. The Bertz CT molecular complexity index is 898. The van der Waals surface area contributed by atoms with Gasteiger partial charge in [-0.15, -0.1) is 11.3 Å². The minimum absolute atomic E-state index is 0.112. The molecule has 26 heavy (non-hydrogen) atoms. The molecule has 1 aliphatic heterocycles. The van der Waals surface area contributed by atoms with E-state index < -0.39 is 0 Å². The van der Waals surface area contributed by atoms with Crippen LogP contribution in [0.25, 0.3) is 10.9 Å². The van der Waals surface area contributed by atoms with Crippen molar-refractivity contribution in [2.75, 3.05) is 19.8 Å². The van der Waals surface area contributed by atoms with Crippen LogP contribution in [0.5, 0.6) is 0 Å². The number of aromatic nitrogens is 1. The third-order valence-electron chi connectivity index (χ3n) is 5.06. The number of para-hydroxylation sites is 1.